The number of aromatic nitrogens is 3. The number of aryl methyl sites for hydroxylation is 1. The minimum absolute atomic E-state index is 0.199. The van der Waals surface area contributed by atoms with Crippen molar-refractivity contribution in [2.45, 2.75) is 13.0 Å². The number of hydrogen-bond acceptors (Lipinski definition) is 5. The van der Waals surface area contributed by atoms with Crippen LogP contribution < -0.4 is 10.6 Å². The second-order valence-corrected chi connectivity index (χ2v) is 4.47. The lowest BCUT2D eigenvalue weighted by atomic mass is 10.3. The van der Waals surface area contributed by atoms with E-state index in [1.807, 2.05) is 23.7 Å². The highest BCUT2D eigenvalue weighted by molar-refractivity contribution is 5.67. The van der Waals surface area contributed by atoms with Crippen LogP contribution in [0.25, 0.3) is 5.52 Å². The minimum Gasteiger partial charge on any atom is -0.374 e. The first-order valence-electron chi connectivity index (χ1n) is 6.20. The van der Waals surface area contributed by atoms with Crippen LogP contribution in [0.5, 0.6) is 0 Å². The van der Waals surface area contributed by atoms with Gasteiger partial charge in [-0.1, -0.05) is 0 Å². The van der Waals surface area contributed by atoms with E-state index in [1.165, 1.54) is 0 Å². The zero-order chi connectivity index (χ0) is 12.4. The normalized spacial score (nSPS) is 20.2. The molecule has 0 bridgehead atoms. The maximum atomic E-state index is 5.64. The van der Waals surface area contributed by atoms with Gasteiger partial charge in [-0.05, 0) is 13.0 Å². The fraction of sp³-hybridized carbons (Fsp3) is 0.500. The van der Waals surface area contributed by atoms with Crippen molar-refractivity contribution in [1.29, 1.82) is 0 Å². The Morgan fingerprint density at radius 1 is 1.61 bits per heavy atom. The average molecular weight is 247 g/mol. The summed E-state index contributed by atoms with van der Waals surface area (Å²) < 4.78 is 7.48. The fourth-order valence-corrected chi connectivity index (χ4v) is 2.14. The predicted octanol–water partition coefficient (Wildman–Crippen LogP) is 0.438. The summed E-state index contributed by atoms with van der Waals surface area (Å²) in [5, 5.41) is 11.0. The molecular weight excluding hydrogens is 230 g/mol. The van der Waals surface area contributed by atoms with Crippen LogP contribution in [0, 0.1) is 6.92 Å². The minimum atomic E-state index is 0.199. The average Bonchev–Trinajstić information content (AvgIpc) is 2.78. The first-order chi connectivity index (χ1) is 8.83. The molecule has 0 amide bonds. The van der Waals surface area contributed by atoms with Crippen LogP contribution in [0.2, 0.25) is 0 Å². The highest BCUT2D eigenvalue weighted by atomic mass is 16.5. The maximum Gasteiger partial charge on any atom is 0.152 e. The van der Waals surface area contributed by atoms with E-state index in [4.69, 9.17) is 4.74 Å². The first kappa shape index (κ1) is 11.4. The van der Waals surface area contributed by atoms with Crippen LogP contribution >= 0.6 is 0 Å². The molecule has 0 radical (unpaired) electrons. The molecule has 3 rings (SSSR count). The van der Waals surface area contributed by atoms with Gasteiger partial charge >= 0.3 is 0 Å². The number of nitrogens with zero attached hydrogens (tertiary/aromatic N) is 3. The molecule has 1 fully saturated rings. The lowest BCUT2D eigenvalue weighted by Crippen LogP contribution is -2.42. The summed E-state index contributed by atoms with van der Waals surface area (Å²) in [7, 11) is 0. The van der Waals surface area contributed by atoms with Crippen molar-refractivity contribution < 1.29 is 4.74 Å². The van der Waals surface area contributed by atoms with Crippen molar-refractivity contribution in [2.24, 2.45) is 0 Å². The molecule has 1 saturated heterocycles. The van der Waals surface area contributed by atoms with E-state index in [9.17, 15) is 0 Å². The van der Waals surface area contributed by atoms with Gasteiger partial charge < -0.3 is 15.4 Å². The van der Waals surface area contributed by atoms with E-state index < -0.39 is 0 Å². The summed E-state index contributed by atoms with van der Waals surface area (Å²) in [5.41, 5.74) is 1.99. The highest BCUT2D eigenvalue weighted by Gasteiger charge is 2.14. The van der Waals surface area contributed by atoms with Gasteiger partial charge in [-0.2, -0.15) is 5.10 Å². The molecule has 18 heavy (non-hydrogen) atoms. The number of hydrogen-bond donors (Lipinski definition) is 2. The standard InChI is InChI=1S/C12H17N5O/c1-9-6-11-12(14-2-4-17(11)16-9)15-8-10-7-13-3-5-18-10/h2,4,6,10,13H,3,5,7-8H2,1H3,(H,14,15). The van der Waals surface area contributed by atoms with Gasteiger partial charge in [0, 0.05) is 32.0 Å². The number of nitrogens with one attached hydrogen (secondary N) is 2. The molecule has 0 aromatic carbocycles. The molecule has 3 heterocycles. The van der Waals surface area contributed by atoms with Gasteiger partial charge in [0.15, 0.2) is 5.82 Å². The number of morpholine rings is 1. The second-order valence-electron chi connectivity index (χ2n) is 4.47. The zero-order valence-corrected chi connectivity index (χ0v) is 10.4. The van der Waals surface area contributed by atoms with Gasteiger partial charge in [-0.25, -0.2) is 9.50 Å². The summed E-state index contributed by atoms with van der Waals surface area (Å²) >= 11 is 0. The van der Waals surface area contributed by atoms with Crippen LogP contribution in [-0.4, -0.2) is 46.9 Å². The van der Waals surface area contributed by atoms with Crippen molar-refractivity contribution in [2.75, 3.05) is 31.6 Å². The van der Waals surface area contributed by atoms with Gasteiger partial charge in [0.1, 0.15) is 5.52 Å². The third-order valence-electron chi connectivity index (χ3n) is 3.01. The molecule has 0 spiro atoms. The van der Waals surface area contributed by atoms with Gasteiger partial charge in [0.2, 0.25) is 0 Å². The Labute approximate surface area is 105 Å². The molecule has 6 nitrogen and oxygen atoms in total. The Morgan fingerprint density at radius 3 is 3.39 bits per heavy atom. The quantitative estimate of drug-likeness (QED) is 0.824. The maximum absolute atomic E-state index is 5.64. The van der Waals surface area contributed by atoms with Crippen LogP contribution in [0.3, 0.4) is 0 Å². The molecule has 1 unspecified atom stereocenters. The van der Waals surface area contributed by atoms with E-state index in [-0.39, 0.29) is 6.10 Å². The Balaban J connectivity index is 1.73. The van der Waals surface area contributed by atoms with Crippen molar-refractivity contribution in [3.8, 4) is 0 Å². The second kappa shape index (κ2) is 4.91. The van der Waals surface area contributed by atoms with Crippen LogP contribution in [0.4, 0.5) is 5.82 Å². The molecule has 1 aliphatic rings. The number of anilines is 1. The Kier molecular flexibility index (Phi) is 3.12. The monoisotopic (exact) mass is 247 g/mol. The highest BCUT2D eigenvalue weighted by Crippen LogP contribution is 2.14. The lowest BCUT2D eigenvalue weighted by molar-refractivity contribution is 0.0372. The zero-order valence-electron chi connectivity index (χ0n) is 10.4. The summed E-state index contributed by atoms with van der Waals surface area (Å²) in [4.78, 5) is 4.36. The molecule has 0 saturated carbocycles. The molecule has 96 valence electrons. The molecule has 0 aliphatic carbocycles. The SMILES string of the molecule is Cc1cc2c(NCC3CNCCO3)nccn2n1. The van der Waals surface area contributed by atoms with Crippen LogP contribution in [-0.2, 0) is 4.74 Å². The topological polar surface area (TPSA) is 63.5 Å². The van der Waals surface area contributed by atoms with E-state index in [0.717, 1.165) is 43.3 Å². The molecule has 2 N–H and O–H groups in total. The van der Waals surface area contributed by atoms with E-state index in [1.54, 1.807) is 6.20 Å². The van der Waals surface area contributed by atoms with Gasteiger partial charge in [0.25, 0.3) is 0 Å². The van der Waals surface area contributed by atoms with Gasteiger partial charge in [-0.15, -0.1) is 0 Å². The van der Waals surface area contributed by atoms with Crippen LogP contribution in [0.1, 0.15) is 5.69 Å². The molecular formula is C12H17N5O. The molecule has 1 atom stereocenters. The summed E-state index contributed by atoms with van der Waals surface area (Å²) in [6.07, 6.45) is 3.80. The Bertz CT molecular complexity index is 532. The smallest absolute Gasteiger partial charge is 0.152 e. The largest absolute Gasteiger partial charge is 0.374 e. The fourth-order valence-electron chi connectivity index (χ4n) is 2.14. The van der Waals surface area contributed by atoms with Gasteiger partial charge in [-0.3, -0.25) is 0 Å². The summed E-state index contributed by atoms with van der Waals surface area (Å²) in [5.74, 6) is 0.854. The van der Waals surface area contributed by atoms with Crippen molar-refractivity contribution in [1.82, 2.24) is 19.9 Å². The first-order valence-corrected chi connectivity index (χ1v) is 6.20. The number of fused-ring (bicyclic) bond motifs is 1. The molecule has 1 aliphatic heterocycles. The van der Waals surface area contributed by atoms with E-state index in [0.29, 0.717) is 0 Å². The number of rotatable bonds is 3. The van der Waals surface area contributed by atoms with Crippen molar-refractivity contribution in [3.05, 3.63) is 24.2 Å². The lowest BCUT2D eigenvalue weighted by Gasteiger charge is -2.24. The van der Waals surface area contributed by atoms with Gasteiger partial charge in [0.05, 0.1) is 18.4 Å². The Morgan fingerprint density at radius 2 is 2.56 bits per heavy atom. The number of ether oxygens (including phenoxy) is 1. The molecule has 2 aromatic heterocycles. The predicted molar refractivity (Wildman–Crippen MR) is 68.8 cm³/mol. The van der Waals surface area contributed by atoms with Crippen molar-refractivity contribution >= 4 is 11.3 Å². The molecule has 6 heteroatoms. The third kappa shape index (κ3) is 2.30. The van der Waals surface area contributed by atoms with E-state index in [2.05, 4.69) is 20.7 Å². The summed E-state index contributed by atoms with van der Waals surface area (Å²) in [6, 6.07) is 2.02. The summed E-state index contributed by atoms with van der Waals surface area (Å²) in [6.45, 7) is 5.32. The Hall–Kier alpha value is -1.66. The van der Waals surface area contributed by atoms with Crippen molar-refractivity contribution in [3.63, 3.8) is 0 Å². The molecule has 2 aromatic rings. The van der Waals surface area contributed by atoms with Crippen LogP contribution in [0.15, 0.2) is 18.5 Å². The third-order valence-corrected chi connectivity index (χ3v) is 3.01. The van der Waals surface area contributed by atoms with E-state index >= 15 is 0 Å².